The van der Waals surface area contributed by atoms with Crippen molar-refractivity contribution in [2.45, 2.75) is 33.4 Å². The first-order chi connectivity index (χ1) is 8.52. The lowest BCUT2D eigenvalue weighted by molar-refractivity contribution is -0.131. The standard InChI is InChI=1S/C15H21NO2/c1-4-16(12(2)3)11-14-7-5-6-13(10-14)8-9-15(17)18/h5-10,12H,4,11H2,1-3H3,(H,17,18)/b9-8+. The van der Waals surface area contributed by atoms with Gasteiger partial charge < -0.3 is 5.11 Å². The van der Waals surface area contributed by atoms with E-state index in [0.29, 0.717) is 6.04 Å². The first-order valence-electron chi connectivity index (χ1n) is 6.27. The van der Waals surface area contributed by atoms with Gasteiger partial charge in [0.05, 0.1) is 0 Å². The van der Waals surface area contributed by atoms with Crippen molar-refractivity contribution in [3.8, 4) is 0 Å². The number of hydrogen-bond donors (Lipinski definition) is 1. The van der Waals surface area contributed by atoms with Crippen LogP contribution >= 0.6 is 0 Å². The Balaban J connectivity index is 2.78. The summed E-state index contributed by atoms with van der Waals surface area (Å²) in [4.78, 5) is 12.8. The second-order valence-corrected chi connectivity index (χ2v) is 4.57. The molecule has 0 saturated carbocycles. The molecule has 3 nitrogen and oxygen atoms in total. The van der Waals surface area contributed by atoms with Crippen LogP contribution in [0.3, 0.4) is 0 Å². The van der Waals surface area contributed by atoms with Crippen LogP contribution in [0.2, 0.25) is 0 Å². The Morgan fingerprint density at radius 1 is 1.44 bits per heavy atom. The van der Waals surface area contributed by atoms with Gasteiger partial charge in [-0.1, -0.05) is 31.2 Å². The average Bonchev–Trinajstić information content (AvgIpc) is 2.33. The molecule has 0 amide bonds. The lowest BCUT2D eigenvalue weighted by Gasteiger charge is -2.24. The number of benzene rings is 1. The molecule has 0 aromatic heterocycles. The lowest BCUT2D eigenvalue weighted by atomic mass is 10.1. The van der Waals surface area contributed by atoms with Crippen molar-refractivity contribution < 1.29 is 9.90 Å². The highest BCUT2D eigenvalue weighted by molar-refractivity contribution is 5.85. The molecule has 0 saturated heterocycles. The molecule has 0 fully saturated rings. The summed E-state index contributed by atoms with van der Waals surface area (Å²) >= 11 is 0. The summed E-state index contributed by atoms with van der Waals surface area (Å²) in [6, 6.07) is 8.49. The summed E-state index contributed by atoms with van der Waals surface area (Å²) in [5.74, 6) is -0.919. The van der Waals surface area contributed by atoms with Gasteiger partial charge in [0.15, 0.2) is 0 Å². The third-order valence-electron chi connectivity index (χ3n) is 2.89. The van der Waals surface area contributed by atoms with Crippen molar-refractivity contribution >= 4 is 12.0 Å². The van der Waals surface area contributed by atoms with E-state index in [4.69, 9.17) is 5.11 Å². The summed E-state index contributed by atoms with van der Waals surface area (Å²) < 4.78 is 0. The SMILES string of the molecule is CCN(Cc1cccc(/C=C/C(=O)O)c1)C(C)C. The van der Waals surface area contributed by atoms with E-state index in [1.807, 2.05) is 18.2 Å². The zero-order chi connectivity index (χ0) is 13.5. The second kappa shape index (κ2) is 6.97. The van der Waals surface area contributed by atoms with Crippen molar-refractivity contribution in [1.82, 2.24) is 4.90 Å². The van der Waals surface area contributed by atoms with Crippen LogP contribution < -0.4 is 0 Å². The third-order valence-corrected chi connectivity index (χ3v) is 2.89. The van der Waals surface area contributed by atoms with E-state index in [2.05, 4.69) is 31.7 Å². The van der Waals surface area contributed by atoms with Crippen LogP contribution in [0.15, 0.2) is 30.3 Å². The normalized spacial score (nSPS) is 11.6. The maximum Gasteiger partial charge on any atom is 0.328 e. The predicted octanol–water partition coefficient (Wildman–Crippen LogP) is 3.01. The highest BCUT2D eigenvalue weighted by atomic mass is 16.4. The molecule has 1 aromatic rings. The van der Waals surface area contributed by atoms with Crippen molar-refractivity contribution in [1.29, 1.82) is 0 Å². The molecule has 0 aliphatic rings. The Labute approximate surface area is 109 Å². The molecule has 1 aromatic carbocycles. The van der Waals surface area contributed by atoms with Gasteiger partial charge in [-0.25, -0.2) is 4.79 Å². The topological polar surface area (TPSA) is 40.5 Å². The third kappa shape index (κ3) is 4.72. The van der Waals surface area contributed by atoms with Crippen LogP contribution in [0.5, 0.6) is 0 Å². The van der Waals surface area contributed by atoms with Crippen LogP contribution in [0.1, 0.15) is 31.9 Å². The maximum atomic E-state index is 10.5. The lowest BCUT2D eigenvalue weighted by Crippen LogP contribution is -2.29. The summed E-state index contributed by atoms with van der Waals surface area (Å²) in [6.45, 7) is 8.40. The van der Waals surface area contributed by atoms with E-state index in [9.17, 15) is 4.79 Å². The largest absolute Gasteiger partial charge is 0.478 e. The molecule has 18 heavy (non-hydrogen) atoms. The zero-order valence-corrected chi connectivity index (χ0v) is 11.3. The van der Waals surface area contributed by atoms with E-state index in [1.54, 1.807) is 6.08 Å². The monoisotopic (exact) mass is 247 g/mol. The van der Waals surface area contributed by atoms with Gasteiger partial charge in [0.1, 0.15) is 0 Å². The average molecular weight is 247 g/mol. The summed E-state index contributed by atoms with van der Waals surface area (Å²) in [5, 5.41) is 8.61. The van der Waals surface area contributed by atoms with Crippen LogP contribution in [-0.2, 0) is 11.3 Å². The number of carbonyl (C=O) groups is 1. The molecule has 0 heterocycles. The van der Waals surface area contributed by atoms with E-state index in [-0.39, 0.29) is 0 Å². The van der Waals surface area contributed by atoms with Crippen LogP contribution in [0.25, 0.3) is 6.08 Å². The van der Waals surface area contributed by atoms with Gasteiger partial charge in [0.25, 0.3) is 0 Å². The Bertz CT molecular complexity index is 424. The van der Waals surface area contributed by atoms with Gasteiger partial charge in [-0.3, -0.25) is 4.90 Å². The number of carboxylic acid groups (broad SMARTS) is 1. The second-order valence-electron chi connectivity index (χ2n) is 4.57. The predicted molar refractivity (Wildman–Crippen MR) is 74.3 cm³/mol. The van der Waals surface area contributed by atoms with Crippen LogP contribution in [0, 0.1) is 0 Å². The minimum absolute atomic E-state index is 0.508. The quantitative estimate of drug-likeness (QED) is 0.786. The Morgan fingerprint density at radius 3 is 2.72 bits per heavy atom. The van der Waals surface area contributed by atoms with Gasteiger partial charge in [-0.05, 0) is 37.6 Å². The van der Waals surface area contributed by atoms with E-state index in [1.165, 1.54) is 11.6 Å². The first kappa shape index (κ1) is 14.5. The molecule has 1 N–H and O–H groups in total. The van der Waals surface area contributed by atoms with Crippen molar-refractivity contribution in [2.24, 2.45) is 0 Å². The molecule has 0 unspecified atom stereocenters. The molecule has 0 atom stereocenters. The molecule has 1 rings (SSSR count). The van der Waals surface area contributed by atoms with Crippen molar-refractivity contribution in [3.05, 3.63) is 41.5 Å². The smallest absolute Gasteiger partial charge is 0.328 e. The number of rotatable bonds is 6. The van der Waals surface area contributed by atoms with Crippen molar-refractivity contribution in [2.75, 3.05) is 6.54 Å². The molecule has 3 heteroatoms. The molecular formula is C15H21NO2. The Kier molecular flexibility index (Phi) is 5.59. The van der Waals surface area contributed by atoms with Gasteiger partial charge in [0, 0.05) is 18.7 Å². The summed E-state index contributed by atoms with van der Waals surface area (Å²) in [5.41, 5.74) is 2.13. The molecule has 0 bridgehead atoms. The fourth-order valence-corrected chi connectivity index (χ4v) is 1.86. The highest BCUT2D eigenvalue weighted by Crippen LogP contribution is 2.11. The molecular weight excluding hydrogens is 226 g/mol. The molecule has 0 spiro atoms. The number of carboxylic acids is 1. The van der Waals surface area contributed by atoms with Crippen molar-refractivity contribution in [3.63, 3.8) is 0 Å². The Hall–Kier alpha value is -1.61. The van der Waals surface area contributed by atoms with Gasteiger partial charge in [-0.15, -0.1) is 0 Å². The first-order valence-corrected chi connectivity index (χ1v) is 6.27. The number of nitrogens with zero attached hydrogens (tertiary/aromatic N) is 1. The van der Waals surface area contributed by atoms with E-state index in [0.717, 1.165) is 18.7 Å². The van der Waals surface area contributed by atoms with Gasteiger partial charge in [-0.2, -0.15) is 0 Å². The molecule has 98 valence electrons. The zero-order valence-electron chi connectivity index (χ0n) is 11.3. The number of aliphatic carboxylic acids is 1. The molecule has 0 aliphatic carbocycles. The highest BCUT2D eigenvalue weighted by Gasteiger charge is 2.07. The fourth-order valence-electron chi connectivity index (χ4n) is 1.86. The Morgan fingerprint density at radius 2 is 2.17 bits per heavy atom. The van der Waals surface area contributed by atoms with Crippen LogP contribution in [-0.4, -0.2) is 28.6 Å². The summed E-state index contributed by atoms with van der Waals surface area (Å²) in [6.07, 6.45) is 2.79. The minimum Gasteiger partial charge on any atom is -0.478 e. The molecule has 0 aliphatic heterocycles. The van der Waals surface area contributed by atoms with E-state index >= 15 is 0 Å². The van der Waals surface area contributed by atoms with Crippen LogP contribution in [0.4, 0.5) is 0 Å². The fraction of sp³-hybridized carbons (Fsp3) is 0.400. The van der Waals surface area contributed by atoms with E-state index < -0.39 is 5.97 Å². The van der Waals surface area contributed by atoms with Gasteiger partial charge >= 0.3 is 5.97 Å². The molecule has 0 radical (unpaired) electrons. The number of hydrogen-bond acceptors (Lipinski definition) is 2. The maximum absolute atomic E-state index is 10.5. The summed E-state index contributed by atoms with van der Waals surface area (Å²) in [7, 11) is 0. The minimum atomic E-state index is -0.919. The van der Waals surface area contributed by atoms with Gasteiger partial charge in [0.2, 0.25) is 0 Å².